The molecule has 3 nitrogen and oxygen atoms in total. The van der Waals surface area contributed by atoms with Crippen LogP contribution in [0.5, 0.6) is 0 Å². The Balaban J connectivity index is 1.83. The van der Waals surface area contributed by atoms with E-state index < -0.39 is 0 Å². The summed E-state index contributed by atoms with van der Waals surface area (Å²) in [6, 6.07) is 4.98. The summed E-state index contributed by atoms with van der Waals surface area (Å²) < 4.78 is 2.32. The molecule has 0 atom stereocenters. The fraction of sp³-hybridized carbons (Fsp3) is 0.588. The van der Waals surface area contributed by atoms with Crippen molar-refractivity contribution < 1.29 is 0 Å². The van der Waals surface area contributed by atoms with E-state index in [1.807, 2.05) is 12.3 Å². The van der Waals surface area contributed by atoms with Gasteiger partial charge in [-0.05, 0) is 42.4 Å². The molecule has 2 aromatic heterocycles. The summed E-state index contributed by atoms with van der Waals surface area (Å²) in [6.45, 7) is 8.89. The molecule has 108 valence electrons. The summed E-state index contributed by atoms with van der Waals surface area (Å²) in [4.78, 5) is 4.58. The smallest absolute Gasteiger partial charge is 0.140 e. The van der Waals surface area contributed by atoms with Crippen LogP contribution in [0.15, 0.2) is 24.5 Å². The van der Waals surface area contributed by atoms with E-state index >= 15 is 0 Å². The highest BCUT2D eigenvalue weighted by molar-refractivity contribution is 5.80. The topological polar surface area (TPSA) is 29.9 Å². The Morgan fingerprint density at radius 2 is 2.15 bits per heavy atom. The summed E-state index contributed by atoms with van der Waals surface area (Å²) in [7, 11) is 0. The Bertz CT molecular complexity index is 588. The number of aromatic nitrogens is 2. The van der Waals surface area contributed by atoms with E-state index in [9.17, 15) is 0 Å². The predicted molar refractivity (Wildman–Crippen MR) is 83.7 cm³/mol. The van der Waals surface area contributed by atoms with Gasteiger partial charge in [0.25, 0.3) is 0 Å². The molecule has 0 radical (unpaired) electrons. The number of nitrogens with zero attached hydrogens (tertiary/aromatic N) is 2. The van der Waals surface area contributed by atoms with Crippen molar-refractivity contribution in [2.45, 2.75) is 59.2 Å². The lowest BCUT2D eigenvalue weighted by molar-refractivity contribution is 0.352. The van der Waals surface area contributed by atoms with E-state index in [4.69, 9.17) is 0 Å². The van der Waals surface area contributed by atoms with Crippen LogP contribution in [-0.4, -0.2) is 15.6 Å². The molecule has 1 aliphatic carbocycles. The van der Waals surface area contributed by atoms with Crippen molar-refractivity contribution >= 4 is 11.0 Å². The minimum atomic E-state index is 0.359. The van der Waals surface area contributed by atoms with E-state index in [1.54, 1.807) is 0 Å². The third kappa shape index (κ3) is 3.21. The molecule has 1 fully saturated rings. The van der Waals surface area contributed by atoms with Gasteiger partial charge in [-0.1, -0.05) is 20.8 Å². The normalized spacial score (nSPS) is 15.9. The summed E-state index contributed by atoms with van der Waals surface area (Å²) >= 11 is 0. The molecule has 1 saturated carbocycles. The van der Waals surface area contributed by atoms with Crippen molar-refractivity contribution in [1.82, 2.24) is 14.9 Å². The number of hydrogen-bond donors (Lipinski definition) is 1. The second-order valence-electron chi connectivity index (χ2n) is 7.19. The van der Waals surface area contributed by atoms with Gasteiger partial charge in [-0.2, -0.15) is 0 Å². The minimum absolute atomic E-state index is 0.359. The largest absolute Gasteiger partial charge is 0.332 e. The van der Waals surface area contributed by atoms with Gasteiger partial charge in [0.15, 0.2) is 0 Å². The average Bonchev–Trinajstić information content (AvgIpc) is 3.16. The van der Waals surface area contributed by atoms with Crippen LogP contribution in [0, 0.1) is 5.41 Å². The van der Waals surface area contributed by atoms with Crippen molar-refractivity contribution in [1.29, 1.82) is 0 Å². The molecular formula is C17H25N3. The van der Waals surface area contributed by atoms with Gasteiger partial charge in [-0.15, -0.1) is 0 Å². The monoisotopic (exact) mass is 271 g/mol. The van der Waals surface area contributed by atoms with Gasteiger partial charge < -0.3 is 9.88 Å². The van der Waals surface area contributed by atoms with Crippen LogP contribution >= 0.6 is 0 Å². The molecule has 0 aromatic carbocycles. The first-order valence-electron chi connectivity index (χ1n) is 7.69. The average molecular weight is 271 g/mol. The summed E-state index contributed by atoms with van der Waals surface area (Å²) in [5.74, 6) is 0. The van der Waals surface area contributed by atoms with Gasteiger partial charge in [-0.25, -0.2) is 4.98 Å². The second-order valence-corrected chi connectivity index (χ2v) is 7.19. The lowest BCUT2D eigenvalue weighted by Crippen LogP contribution is -2.15. The molecule has 2 aromatic rings. The quantitative estimate of drug-likeness (QED) is 0.898. The summed E-state index contributed by atoms with van der Waals surface area (Å²) in [5.41, 5.74) is 2.87. The number of fused-ring (bicyclic) bond motifs is 1. The standard InChI is InChI=1S/C17H25N3/c1-17(2,3)8-10-20-12-13(11-19-14-6-7-14)15-5-4-9-18-16(15)20/h4-5,9,12,14,19H,6-8,10-11H2,1-3H3. The van der Waals surface area contributed by atoms with Crippen molar-refractivity contribution in [2.75, 3.05) is 0 Å². The maximum Gasteiger partial charge on any atom is 0.140 e. The van der Waals surface area contributed by atoms with Crippen LogP contribution in [0.2, 0.25) is 0 Å². The van der Waals surface area contributed by atoms with E-state index in [2.05, 4.69) is 47.9 Å². The third-order valence-electron chi connectivity index (χ3n) is 3.98. The molecular weight excluding hydrogens is 246 g/mol. The molecule has 0 aliphatic heterocycles. The van der Waals surface area contributed by atoms with Gasteiger partial charge in [0.2, 0.25) is 0 Å². The molecule has 1 N–H and O–H groups in total. The molecule has 0 saturated heterocycles. The van der Waals surface area contributed by atoms with Crippen molar-refractivity contribution in [3.8, 4) is 0 Å². The molecule has 2 heterocycles. The highest BCUT2D eigenvalue weighted by Crippen LogP contribution is 2.25. The first-order valence-corrected chi connectivity index (χ1v) is 7.69. The molecule has 0 bridgehead atoms. The fourth-order valence-corrected chi connectivity index (χ4v) is 2.50. The van der Waals surface area contributed by atoms with Crippen LogP contribution in [0.3, 0.4) is 0 Å². The zero-order chi connectivity index (χ0) is 14.2. The minimum Gasteiger partial charge on any atom is -0.332 e. The first kappa shape index (κ1) is 13.6. The number of hydrogen-bond acceptors (Lipinski definition) is 2. The van der Waals surface area contributed by atoms with Gasteiger partial charge >= 0.3 is 0 Å². The number of nitrogens with one attached hydrogen (secondary N) is 1. The van der Waals surface area contributed by atoms with Crippen molar-refractivity contribution in [3.05, 3.63) is 30.1 Å². The zero-order valence-corrected chi connectivity index (χ0v) is 12.8. The molecule has 3 rings (SSSR count). The number of aryl methyl sites for hydroxylation is 1. The van der Waals surface area contributed by atoms with Crippen molar-refractivity contribution in [2.24, 2.45) is 5.41 Å². The molecule has 1 aliphatic rings. The second kappa shape index (κ2) is 5.21. The third-order valence-corrected chi connectivity index (χ3v) is 3.98. The van der Waals surface area contributed by atoms with Crippen LogP contribution < -0.4 is 5.32 Å². The SMILES string of the molecule is CC(C)(C)CCn1cc(CNC2CC2)c2cccnc21. The van der Waals surface area contributed by atoms with Gasteiger partial charge in [0, 0.05) is 36.9 Å². The summed E-state index contributed by atoms with van der Waals surface area (Å²) in [6.07, 6.45) is 8.03. The van der Waals surface area contributed by atoms with Gasteiger partial charge in [0.1, 0.15) is 5.65 Å². The fourth-order valence-electron chi connectivity index (χ4n) is 2.50. The lowest BCUT2D eigenvalue weighted by Gasteiger charge is -2.18. The number of rotatable bonds is 5. The van der Waals surface area contributed by atoms with Crippen LogP contribution in [0.25, 0.3) is 11.0 Å². The Morgan fingerprint density at radius 3 is 2.85 bits per heavy atom. The lowest BCUT2D eigenvalue weighted by atomic mass is 9.92. The maximum atomic E-state index is 4.58. The first-order chi connectivity index (χ1) is 9.53. The molecule has 0 unspecified atom stereocenters. The Hall–Kier alpha value is -1.35. The van der Waals surface area contributed by atoms with E-state index in [0.717, 1.165) is 24.8 Å². The highest BCUT2D eigenvalue weighted by atomic mass is 15.0. The predicted octanol–water partition coefficient (Wildman–Crippen LogP) is 3.72. The maximum absolute atomic E-state index is 4.58. The Morgan fingerprint density at radius 1 is 1.35 bits per heavy atom. The number of pyridine rings is 1. The Labute approximate surface area is 121 Å². The summed E-state index contributed by atoms with van der Waals surface area (Å²) in [5, 5.41) is 4.91. The van der Waals surface area contributed by atoms with Crippen LogP contribution in [0.1, 0.15) is 45.6 Å². The zero-order valence-electron chi connectivity index (χ0n) is 12.8. The van der Waals surface area contributed by atoms with E-state index in [-0.39, 0.29) is 0 Å². The molecule has 0 amide bonds. The van der Waals surface area contributed by atoms with Gasteiger partial charge in [-0.3, -0.25) is 0 Å². The van der Waals surface area contributed by atoms with E-state index in [0.29, 0.717) is 5.41 Å². The molecule has 0 spiro atoms. The van der Waals surface area contributed by atoms with Crippen LogP contribution in [-0.2, 0) is 13.1 Å². The Kier molecular flexibility index (Phi) is 3.55. The van der Waals surface area contributed by atoms with Crippen molar-refractivity contribution in [3.63, 3.8) is 0 Å². The molecule has 20 heavy (non-hydrogen) atoms. The van der Waals surface area contributed by atoms with Crippen LogP contribution in [0.4, 0.5) is 0 Å². The van der Waals surface area contributed by atoms with Gasteiger partial charge in [0.05, 0.1) is 0 Å². The van der Waals surface area contributed by atoms with E-state index in [1.165, 1.54) is 30.2 Å². The highest BCUT2D eigenvalue weighted by Gasteiger charge is 2.21. The molecule has 3 heteroatoms.